The number of hydrogen-bond donors (Lipinski definition) is 1. The molecule has 6 nitrogen and oxygen atoms in total. The summed E-state index contributed by atoms with van der Waals surface area (Å²) in [6.07, 6.45) is 1.58. The molecule has 2 N–H and O–H groups in total. The number of methoxy groups -OCH3 is 1. The van der Waals surface area contributed by atoms with Gasteiger partial charge in [-0.3, -0.25) is 0 Å². The van der Waals surface area contributed by atoms with Crippen molar-refractivity contribution >= 4 is 11.8 Å². The first-order valence-corrected chi connectivity index (χ1v) is 8.79. The van der Waals surface area contributed by atoms with Crippen LogP contribution in [0.15, 0.2) is 18.2 Å². The van der Waals surface area contributed by atoms with Crippen molar-refractivity contribution in [3.8, 4) is 5.75 Å². The third-order valence-corrected chi connectivity index (χ3v) is 4.20. The van der Waals surface area contributed by atoms with Crippen LogP contribution in [0.25, 0.3) is 0 Å². The van der Waals surface area contributed by atoms with E-state index in [1.165, 1.54) is 5.56 Å². The van der Waals surface area contributed by atoms with E-state index in [4.69, 9.17) is 19.9 Å². The molecule has 1 aliphatic heterocycles. The molecule has 1 aromatic rings. The number of carbonyl (C=O) groups excluding carboxylic acids is 1. The van der Waals surface area contributed by atoms with Gasteiger partial charge in [-0.25, -0.2) is 4.79 Å². The SMILES string of the molecule is COCCOc1ccc(C2CCN(C(=O)OC(C)(C)C)CC2)cc1N. The Morgan fingerprint density at radius 2 is 1.92 bits per heavy atom. The first kappa shape index (κ1) is 19.4. The van der Waals surface area contributed by atoms with E-state index >= 15 is 0 Å². The van der Waals surface area contributed by atoms with E-state index in [1.54, 1.807) is 12.0 Å². The molecule has 1 saturated heterocycles. The molecule has 0 bridgehead atoms. The number of rotatable bonds is 5. The van der Waals surface area contributed by atoms with Crippen LogP contribution in [0.5, 0.6) is 5.75 Å². The number of likely N-dealkylation sites (tertiary alicyclic amines) is 1. The Bertz CT molecular complexity index is 575. The average Bonchev–Trinajstić information content (AvgIpc) is 2.55. The van der Waals surface area contributed by atoms with E-state index in [1.807, 2.05) is 32.9 Å². The number of benzene rings is 1. The van der Waals surface area contributed by atoms with Crippen molar-refractivity contribution < 1.29 is 19.0 Å². The van der Waals surface area contributed by atoms with Crippen molar-refractivity contribution in [3.63, 3.8) is 0 Å². The van der Waals surface area contributed by atoms with Gasteiger partial charge in [-0.2, -0.15) is 0 Å². The maximum atomic E-state index is 12.1. The first-order valence-electron chi connectivity index (χ1n) is 8.79. The van der Waals surface area contributed by atoms with Gasteiger partial charge >= 0.3 is 6.09 Å². The molecule has 0 radical (unpaired) electrons. The van der Waals surface area contributed by atoms with Crippen LogP contribution in [0.2, 0.25) is 0 Å². The van der Waals surface area contributed by atoms with E-state index in [0.717, 1.165) is 12.8 Å². The maximum absolute atomic E-state index is 12.1. The highest BCUT2D eigenvalue weighted by Gasteiger charge is 2.27. The standard InChI is InChI=1S/C19H30N2O4/c1-19(2,3)25-18(22)21-9-7-14(8-10-21)15-5-6-17(16(20)13-15)24-12-11-23-4/h5-6,13-14H,7-12,20H2,1-4H3. The van der Waals surface area contributed by atoms with Crippen molar-refractivity contribution in [2.75, 3.05) is 39.1 Å². The van der Waals surface area contributed by atoms with Gasteiger partial charge in [-0.1, -0.05) is 6.07 Å². The number of nitrogens with zero attached hydrogens (tertiary/aromatic N) is 1. The zero-order valence-electron chi connectivity index (χ0n) is 15.7. The zero-order valence-corrected chi connectivity index (χ0v) is 15.7. The fourth-order valence-electron chi connectivity index (χ4n) is 2.91. The summed E-state index contributed by atoms with van der Waals surface area (Å²) in [6.45, 7) is 8.07. The minimum atomic E-state index is -0.457. The molecule has 140 valence electrons. The van der Waals surface area contributed by atoms with Gasteiger partial charge in [0.05, 0.1) is 12.3 Å². The predicted octanol–water partition coefficient (Wildman–Crippen LogP) is 3.41. The fraction of sp³-hybridized carbons (Fsp3) is 0.632. The smallest absolute Gasteiger partial charge is 0.410 e. The molecule has 0 unspecified atom stereocenters. The Labute approximate surface area is 150 Å². The van der Waals surface area contributed by atoms with E-state index < -0.39 is 5.60 Å². The summed E-state index contributed by atoms with van der Waals surface area (Å²) >= 11 is 0. The van der Waals surface area contributed by atoms with E-state index in [2.05, 4.69) is 6.07 Å². The summed E-state index contributed by atoms with van der Waals surface area (Å²) in [5.74, 6) is 1.08. The van der Waals surface area contributed by atoms with Crippen LogP contribution < -0.4 is 10.5 Å². The highest BCUT2D eigenvalue weighted by atomic mass is 16.6. The minimum Gasteiger partial charge on any atom is -0.489 e. The largest absolute Gasteiger partial charge is 0.489 e. The highest BCUT2D eigenvalue weighted by molar-refractivity contribution is 5.68. The Morgan fingerprint density at radius 3 is 2.48 bits per heavy atom. The van der Waals surface area contributed by atoms with Crippen LogP contribution in [0.4, 0.5) is 10.5 Å². The van der Waals surface area contributed by atoms with Crippen molar-refractivity contribution in [3.05, 3.63) is 23.8 Å². The molecule has 6 heteroatoms. The summed E-state index contributed by atoms with van der Waals surface area (Å²) in [7, 11) is 1.64. The zero-order chi connectivity index (χ0) is 18.4. The number of nitrogens with two attached hydrogens (primary N) is 1. The topological polar surface area (TPSA) is 74.0 Å². The third kappa shape index (κ3) is 5.81. The minimum absolute atomic E-state index is 0.229. The van der Waals surface area contributed by atoms with Crippen molar-refractivity contribution in [1.29, 1.82) is 0 Å². The summed E-state index contributed by atoms with van der Waals surface area (Å²) in [4.78, 5) is 13.9. The van der Waals surface area contributed by atoms with Crippen LogP contribution in [0.1, 0.15) is 45.1 Å². The van der Waals surface area contributed by atoms with Gasteiger partial charge in [0, 0.05) is 20.2 Å². The number of hydrogen-bond acceptors (Lipinski definition) is 5. The molecule has 0 atom stereocenters. The van der Waals surface area contributed by atoms with E-state index in [-0.39, 0.29) is 6.09 Å². The molecule has 0 saturated carbocycles. The summed E-state index contributed by atoms with van der Waals surface area (Å²) in [6, 6.07) is 5.96. The molecule has 1 amide bonds. The van der Waals surface area contributed by atoms with Gasteiger partial charge in [0.25, 0.3) is 0 Å². The van der Waals surface area contributed by atoms with Crippen LogP contribution in [0, 0.1) is 0 Å². The van der Waals surface area contributed by atoms with E-state index in [9.17, 15) is 4.79 Å². The molecular formula is C19H30N2O4. The maximum Gasteiger partial charge on any atom is 0.410 e. The molecule has 0 aliphatic carbocycles. The average molecular weight is 350 g/mol. The number of carbonyl (C=O) groups is 1. The second kappa shape index (κ2) is 8.43. The number of piperidine rings is 1. The van der Waals surface area contributed by atoms with Crippen LogP contribution >= 0.6 is 0 Å². The summed E-state index contributed by atoms with van der Waals surface area (Å²) in [5.41, 5.74) is 7.48. The lowest BCUT2D eigenvalue weighted by Gasteiger charge is -2.33. The lowest BCUT2D eigenvalue weighted by atomic mass is 9.89. The van der Waals surface area contributed by atoms with Crippen LogP contribution in [0.3, 0.4) is 0 Å². The lowest BCUT2D eigenvalue weighted by Crippen LogP contribution is -2.41. The van der Waals surface area contributed by atoms with Crippen molar-refractivity contribution in [2.45, 2.75) is 45.1 Å². The molecule has 25 heavy (non-hydrogen) atoms. The predicted molar refractivity (Wildman–Crippen MR) is 98.0 cm³/mol. The van der Waals surface area contributed by atoms with Crippen molar-refractivity contribution in [2.24, 2.45) is 0 Å². The normalized spacial score (nSPS) is 15.9. The molecule has 1 heterocycles. The first-order chi connectivity index (χ1) is 11.8. The Morgan fingerprint density at radius 1 is 1.24 bits per heavy atom. The lowest BCUT2D eigenvalue weighted by molar-refractivity contribution is 0.0205. The second-order valence-corrected chi connectivity index (χ2v) is 7.38. The highest BCUT2D eigenvalue weighted by Crippen LogP contribution is 2.32. The number of nitrogen functional groups attached to an aromatic ring is 1. The van der Waals surface area contributed by atoms with Gasteiger partial charge in [0.15, 0.2) is 0 Å². The van der Waals surface area contributed by atoms with Gasteiger partial charge in [0.1, 0.15) is 18.0 Å². The van der Waals surface area contributed by atoms with Gasteiger partial charge in [-0.05, 0) is 57.2 Å². The fourth-order valence-corrected chi connectivity index (χ4v) is 2.91. The molecule has 1 aromatic carbocycles. The molecule has 0 aromatic heterocycles. The summed E-state index contributed by atoms with van der Waals surface area (Å²) < 4.78 is 16.0. The number of anilines is 1. The van der Waals surface area contributed by atoms with Gasteiger partial charge < -0.3 is 24.8 Å². The Balaban J connectivity index is 1.90. The molecule has 1 aliphatic rings. The molecule has 2 rings (SSSR count). The second-order valence-electron chi connectivity index (χ2n) is 7.38. The van der Waals surface area contributed by atoms with Gasteiger partial charge in [-0.15, -0.1) is 0 Å². The molecule has 1 fully saturated rings. The Kier molecular flexibility index (Phi) is 6.53. The molecule has 0 spiro atoms. The van der Waals surface area contributed by atoms with Crippen molar-refractivity contribution in [1.82, 2.24) is 4.90 Å². The van der Waals surface area contributed by atoms with Crippen LogP contribution in [-0.2, 0) is 9.47 Å². The quantitative estimate of drug-likeness (QED) is 0.651. The number of ether oxygens (including phenoxy) is 3. The van der Waals surface area contributed by atoms with E-state index in [0.29, 0.717) is 43.7 Å². The summed E-state index contributed by atoms with van der Waals surface area (Å²) in [5, 5.41) is 0. The third-order valence-electron chi connectivity index (χ3n) is 4.20. The van der Waals surface area contributed by atoms with Gasteiger partial charge in [0.2, 0.25) is 0 Å². The van der Waals surface area contributed by atoms with Crippen LogP contribution in [-0.4, -0.2) is 50.0 Å². The number of amides is 1. The Hall–Kier alpha value is -1.95. The monoisotopic (exact) mass is 350 g/mol. The molecular weight excluding hydrogens is 320 g/mol.